The van der Waals surface area contributed by atoms with Gasteiger partial charge in [-0.2, -0.15) is 0 Å². The SMILES string of the molecule is Cc1cccc(C2(c3cccc(C)c3)C[C@H]2C(=O)Nc2cccc(Cl)c2)c1. The molecule has 1 saturated carbocycles. The Balaban J connectivity index is 1.70. The van der Waals surface area contributed by atoms with E-state index < -0.39 is 0 Å². The molecule has 3 aromatic carbocycles. The second kappa shape index (κ2) is 6.86. The Labute approximate surface area is 165 Å². The normalized spacial score (nSPS) is 17.4. The van der Waals surface area contributed by atoms with E-state index in [2.05, 4.69) is 67.7 Å². The van der Waals surface area contributed by atoms with E-state index in [1.165, 1.54) is 22.3 Å². The number of aryl methyl sites for hydroxylation is 2. The molecule has 0 radical (unpaired) electrons. The zero-order valence-corrected chi connectivity index (χ0v) is 16.3. The maximum atomic E-state index is 13.1. The van der Waals surface area contributed by atoms with Gasteiger partial charge in [-0.25, -0.2) is 0 Å². The summed E-state index contributed by atoms with van der Waals surface area (Å²) in [7, 11) is 0. The fraction of sp³-hybridized carbons (Fsp3) is 0.208. The average Bonchev–Trinajstić information content (AvgIpc) is 3.39. The maximum absolute atomic E-state index is 13.1. The molecule has 1 fully saturated rings. The van der Waals surface area contributed by atoms with Crippen molar-refractivity contribution in [3.63, 3.8) is 0 Å². The van der Waals surface area contributed by atoms with Crippen LogP contribution in [0.3, 0.4) is 0 Å². The van der Waals surface area contributed by atoms with E-state index in [9.17, 15) is 4.79 Å². The second-order valence-electron chi connectivity index (χ2n) is 7.47. The van der Waals surface area contributed by atoms with E-state index in [4.69, 9.17) is 11.6 Å². The summed E-state index contributed by atoms with van der Waals surface area (Å²) in [5.41, 5.74) is 5.31. The van der Waals surface area contributed by atoms with Crippen LogP contribution >= 0.6 is 11.6 Å². The Morgan fingerprint density at radius 1 is 0.926 bits per heavy atom. The summed E-state index contributed by atoms with van der Waals surface area (Å²) in [6.45, 7) is 4.19. The number of nitrogens with one attached hydrogen (secondary N) is 1. The number of rotatable bonds is 4. The number of carbonyl (C=O) groups is 1. The highest BCUT2D eigenvalue weighted by atomic mass is 35.5. The third-order valence-electron chi connectivity index (χ3n) is 5.44. The van der Waals surface area contributed by atoms with Crippen LogP contribution in [-0.2, 0) is 10.2 Å². The summed E-state index contributed by atoms with van der Waals surface area (Å²) in [5.74, 6) is -0.0552. The first-order valence-corrected chi connectivity index (χ1v) is 9.57. The molecule has 1 atom stereocenters. The lowest BCUT2D eigenvalue weighted by molar-refractivity contribution is -0.117. The van der Waals surface area contributed by atoms with Crippen LogP contribution in [0.4, 0.5) is 5.69 Å². The van der Waals surface area contributed by atoms with Crippen molar-refractivity contribution < 1.29 is 4.79 Å². The number of hydrogen-bond acceptors (Lipinski definition) is 1. The van der Waals surface area contributed by atoms with E-state index in [0.717, 1.165) is 12.1 Å². The van der Waals surface area contributed by atoms with E-state index in [-0.39, 0.29) is 17.2 Å². The molecule has 0 aromatic heterocycles. The van der Waals surface area contributed by atoms with Gasteiger partial charge in [-0.3, -0.25) is 4.79 Å². The zero-order chi connectivity index (χ0) is 19.0. The molecule has 0 unspecified atom stereocenters. The molecule has 136 valence electrons. The smallest absolute Gasteiger partial charge is 0.228 e. The van der Waals surface area contributed by atoms with Crippen molar-refractivity contribution in [2.24, 2.45) is 5.92 Å². The summed E-state index contributed by atoms with van der Waals surface area (Å²) in [6, 6.07) is 24.3. The lowest BCUT2D eigenvalue weighted by atomic mass is 9.84. The van der Waals surface area contributed by atoms with Crippen molar-refractivity contribution in [3.8, 4) is 0 Å². The summed E-state index contributed by atoms with van der Waals surface area (Å²) < 4.78 is 0. The zero-order valence-electron chi connectivity index (χ0n) is 15.5. The number of amides is 1. The first-order chi connectivity index (χ1) is 13.0. The van der Waals surface area contributed by atoms with Crippen LogP contribution in [0.15, 0.2) is 72.8 Å². The van der Waals surface area contributed by atoms with Crippen molar-refractivity contribution in [1.29, 1.82) is 0 Å². The van der Waals surface area contributed by atoms with Gasteiger partial charge in [-0.1, -0.05) is 77.3 Å². The van der Waals surface area contributed by atoms with Gasteiger partial charge >= 0.3 is 0 Å². The Hall–Kier alpha value is -2.58. The van der Waals surface area contributed by atoms with E-state index in [1.54, 1.807) is 12.1 Å². The number of carbonyl (C=O) groups excluding carboxylic acids is 1. The Bertz CT molecular complexity index is 965. The first kappa shape index (κ1) is 17.8. The molecular weight excluding hydrogens is 354 g/mol. The molecule has 0 heterocycles. The van der Waals surface area contributed by atoms with Crippen LogP contribution in [0.5, 0.6) is 0 Å². The van der Waals surface area contributed by atoms with E-state index in [1.807, 2.05) is 12.1 Å². The number of anilines is 1. The molecule has 1 amide bonds. The van der Waals surface area contributed by atoms with Gasteiger partial charge in [0.15, 0.2) is 0 Å². The molecule has 2 nitrogen and oxygen atoms in total. The predicted octanol–water partition coefficient (Wildman–Crippen LogP) is 5.90. The molecule has 3 heteroatoms. The van der Waals surface area contributed by atoms with Crippen LogP contribution in [0.25, 0.3) is 0 Å². The quantitative estimate of drug-likeness (QED) is 0.604. The fourth-order valence-electron chi connectivity index (χ4n) is 4.02. The van der Waals surface area contributed by atoms with E-state index >= 15 is 0 Å². The minimum Gasteiger partial charge on any atom is -0.326 e. The van der Waals surface area contributed by atoms with Gasteiger partial charge in [0.05, 0.1) is 5.92 Å². The second-order valence-corrected chi connectivity index (χ2v) is 7.90. The van der Waals surface area contributed by atoms with Crippen molar-refractivity contribution in [1.82, 2.24) is 0 Å². The Kier molecular flexibility index (Phi) is 4.53. The molecule has 0 spiro atoms. The van der Waals surface area contributed by atoms with Gasteiger partial charge in [0.2, 0.25) is 5.91 Å². The van der Waals surface area contributed by atoms with Gasteiger partial charge in [0.25, 0.3) is 0 Å². The lowest BCUT2D eigenvalue weighted by Crippen LogP contribution is -2.22. The minimum atomic E-state index is -0.263. The molecule has 0 bridgehead atoms. The van der Waals surface area contributed by atoms with Crippen LogP contribution in [0, 0.1) is 19.8 Å². The molecule has 0 aliphatic heterocycles. The molecular formula is C24H22ClNO. The lowest BCUT2D eigenvalue weighted by Gasteiger charge is -2.20. The number of halogens is 1. The monoisotopic (exact) mass is 375 g/mol. The molecule has 1 aliphatic carbocycles. The third kappa shape index (κ3) is 3.38. The van der Waals surface area contributed by atoms with Crippen LogP contribution in [-0.4, -0.2) is 5.91 Å². The molecule has 4 rings (SSSR count). The topological polar surface area (TPSA) is 29.1 Å². The van der Waals surface area contributed by atoms with Crippen LogP contribution in [0.2, 0.25) is 5.02 Å². The highest BCUT2D eigenvalue weighted by Crippen LogP contribution is 2.59. The fourth-order valence-corrected chi connectivity index (χ4v) is 4.22. The van der Waals surface area contributed by atoms with Gasteiger partial charge in [-0.05, 0) is 49.6 Å². The molecule has 1 N–H and O–H groups in total. The molecule has 27 heavy (non-hydrogen) atoms. The third-order valence-corrected chi connectivity index (χ3v) is 5.67. The predicted molar refractivity (Wildman–Crippen MR) is 111 cm³/mol. The standard InChI is InChI=1S/C24H22ClNO/c1-16-6-3-8-18(12-16)24(19-9-4-7-17(2)13-19)15-22(24)23(27)26-21-11-5-10-20(25)14-21/h3-14,22H,15H2,1-2H3,(H,26,27)/t22-/m0/s1. The Morgan fingerprint density at radius 2 is 1.52 bits per heavy atom. The minimum absolute atomic E-state index is 0.0419. The van der Waals surface area contributed by atoms with Gasteiger partial charge < -0.3 is 5.32 Å². The van der Waals surface area contributed by atoms with E-state index in [0.29, 0.717) is 5.02 Å². The number of benzene rings is 3. The highest BCUT2D eigenvalue weighted by molar-refractivity contribution is 6.30. The largest absolute Gasteiger partial charge is 0.326 e. The Morgan fingerprint density at radius 3 is 2.07 bits per heavy atom. The first-order valence-electron chi connectivity index (χ1n) is 9.20. The highest BCUT2D eigenvalue weighted by Gasteiger charge is 2.60. The molecule has 0 saturated heterocycles. The van der Waals surface area contributed by atoms with Crippen molar-refractivity contribution >= 4 is 23.2 Å². The van der Waals surface area contributed by atoms with Gasteiger partial charge in [0.1, 0.15) is 0 Å². The van der Waals surface area contributed by atoms with Crippen LogP contribution < -0.4 is 5.32 Å². The number of hydrogen-bond donors (Lipinski definition) is 1. The van der Waals surface area contributed by atoms with Crippen molar-refractivity contribution in [3.05, 3.63) is 100 Å². The van der Waals surface area contributed by atoms with Gasteiger partial charge in [0, 0.05) is 16.1 Å². The summed E-state index contributed by atoms with van der Waals surface area (Å²) in [5, 5.41) is 3.66. The summed E-state index contributed by atoms with van der Waals surface area (Å²) >= 11 is 6.05. The van der Waals surface area contributed by atoms with Crippen molar-refractivity contribution in [2.75, 3.05) is 5.32 Å². The summed E-state index contributed by atoms with van der Waals surface area (Å²) in [4.78, 5) is 13.1. The molecule has 3 aromatic rings. The molecule has 1 aliphatic rings. The maximum Gasteiger partial charge on any atom is 0.228 e. The average molecular weight is 376 g/mol. The summed E-state index contributed by atoms with van der Waals surface area (Å²) in [6.07, 6.45) is 0.812. The van der Waals surface area contributed by atoms with Crippen LogP contribution in [0.1, 0.15) is 28.7 Å². The van der Waals surface area contributed by atoms with Gasteiger partial charge in [-0.15, -0.1) is 0 Å². The van der Waals surface area contributed by atoms with Crippen molar-refractivity contribution in [2.45, 2.75) is 25.7 Å².